The molecule has 2 aromatic carbocycles. The number of halogens is 1. The van der Waals surface area contributed by atoms with Gasteiger partial charge in [0, 0.05) is 18.0 Å². The molecule has 1 heterocycles. The van der Waals surface area contributed by atoms with Crippen molar-refractivity contribution in [2.24, 2.45) is 0 Å². The van der Waals surface area contributed by atoms with Crippen molar-refractivity contribution < 1.29 is 14.3 Å². The Morgan fingerprint density at radius 3 is 2.77 bits per heavy atom. The number of anilines is 1. The van der Waals surface area contributed by atoms with Crippen LogP contribution in [0.25, 0.3) is 0 Å². The van der Waals surface area contributed by atoms with E-state index in [0.29, 0.717) is 21.4 Å². The molecule has 0 fully saturated rings. The Hall–Kier alpha value is -2.95. The second-order valence-electron chi connectivity index (χ2n) is 7.21. The van der Waals surface area contributed by atoms with Gasteiger partial charge in [0.1, 0.15) is 5.75 Å². The zero-order chi connectivity index (χ0) is 22.5. The van der Waals surface area contributed by atoms with E-state index < -0.39 is 5.92 Å². The first-order valence-electron chi connectivity index (χ1n) is 9.59. The van der Waals surface area contributed by atoms with Crippen LogP contribution in [-0.2, 0) is 9.59 Å². The van der Waals surface area contributed by atoms with Gasteiger partial charge in [0.25, 0.3) is 0 Å². The summed E-state index contributed by atoms with van der Waals surface area (Å²) in [5.41, 5.74) is 3.91. The summed E-state index contributed by atoms with van der Waals surface area (Å²) in [6, 6.07) is 13.2. The number of ether oxygens (including phenoxy) is 1. The molecule has 0 bridgehead atoms. The van der Waals surface area contributed by atoms with Crippen molar-refractivity contribution in [2.45, 2.75) is 26.2 Å². The van der Waals surface area contributed by atoms with Crippen molar-refractivity contribution in [3.05, 3.63) is 68.7 Å². The number of nitrogens with zero attached hydrogens (tertiary/aromatic N) is 1. The Bertz CT molecular complexity index is 1110. The number of aryl methyl sites for hydroxylation is 2. The predicted molar refractivity (Wildman–Crippen MR) is 123 cm³/mol. The number of carbonyl (C=O) groups excluding carboxylic acids is 2. The molecule has 31 heavy (non-hydrogen) atoms. The first-order valence-corrected chi connectivity index (χ1v) is 11.0. The Morgan fingerprint density at radius 2 is 2.10 bits per heavy atom. The Balaban J connectivity index is 1.79. The standard InChI is InChI=1S/C23H22ClN3O3S/c1-13-4-5-14(2)19(8-13)26-22(29)12-31-23-17(11-25)16(10-21(28)27-23)15-6-7-20(30-3)18(24)9-15/h4-9,16H,10,12H2,1-3H3,(H,26,29)(H,27,28)/t16-/m0/s1. The second-order valence-corrected chi connectivity index (χ2v) is 8.60. The van der Waals surface area contributed by atoms with Crippen LogP contribution in [0.4, 0.5) is 5.69 Å². The molecule has 0 saturated carbocycles. The third kappa shape index (κ3) is 5.40. The molecule has 160 valence electrons. The van der Waals surface area contributed by atoms with E-state index in [1.54, 1.807) is 18.2 Å². The molecule has 0 saturated heterocycles. The van der Waals surface area contributed by atoms with Crippen molar-refractivity contribution in [1.29, 1.82) is 5.26 Å². The van der Waals surface area contributed by atoms with E-state index in [0.717, 1.165) is 34.1 Å². The molecular formula is C23H22ClN3O3S. The van der Waals surface area contributed by atoms with E-state index in [1.165, 1.54) is 7.11 Å². The maximum atomic E-state index is 12.5. The highest BCUT2D eigenvalue weighted by Crippen LogP contribution is 2.38. The number of nitriles is 1. The number of nitrogens with one attached hydrogen (secondary N) is 2. The molecule has 3 rings (SSSR count). The fourth-order valence-electron chi connectivity index (χ4n) is 3.31. The van der Waals surface area contributed by atoms with Crippen LogP contribution in [0, 0.1) is 25.2 Å². The van der Waals surface area contributed by atoms with Crippen LogP contribution in [0.3, 0.4) is 0 Å². The summed E-state index contributed by atoms with van der Waals surface area (Å²) in [7, 11) is 1.52. The topological polar surface area (TPSA) is 91.2 Å². The lowest BCUT2D eigenvalue weighted by Gasteiger charge is -2.25. The molecule has 1 atom stereocenters. The van der Waals surface area contributed by atoms with Gasteiger partial charge < -0.3 is 15.4 Å². The molecule has 8 heteroatoms. The number of hydrogen-bond acceptors (Lipinski definition) is 5. The molecule has 0 aliphatic carbocycles. The summed E-state index contributed by atoms with van der Waals surface area (Å²) >= 11 is 7.37. The molecule has 2 N–H and O–H groups in total. The summed E-state index contributed by atoms with van der Waals surface area (Å²) in [6.45, 7) is 3.88. The minimum absolute atomic E-state index is 0.0598. The van der Waals surface area contributed by atoms with Crippen LogP contribution in [0.15, 0.2) is 47.0 Å². The molecule has 1 aliphatic rings. The van der Waals surface area contributed by atoms with Gasteiger partial charge >= 0.3 is 0 Å². The van der Waals surface area contributed by atoms with E-state index in [1.807, 2.05) is 32.0 Å². The molecule has 0 spiro atoms. The normalized spacial score (nSPS) is 15.8. The van der Waals surface area contributed by atoms with Crippen LogP contribution in [0.1, 0.15) is 29.0 Å². The van der Waals surface area contributed by atoms with Gasteiger partial charge in [-0.25, -0.2) is 0 Å². The number of allylic oxidation sites excluding steroid dienone is 1. The molecule has 1 aliphatic heterocycles. The Labute approximate surface area is 190 Å². The summed E-state index contributed by atoms with van der Waals surface area (Å²) < 4.78 is 5.18. The van der Waals surface area contributed by atoms with Gasteiger partial charge in [-0.2, -0.15) is 5.26 Å². The van der Waals surface area contributed by atoms with Gasteiger partial charge in [0.2, 0.25) is 11.8 Å². The fraction of sp³-hybridized carbons (Fsp3) is 0.261. The van der Waals surface area contributed by atoms with E-state index >= 15 is 0 Å². The number of rotatable bonds is 6. The predicted octanol–water partition coefficient (Wildman–Crippen LogP) is 4.68. The van der Waals surface area contributed by atoms with Gasteiger partial charge in [-0.1, -0.05) is 41.6 Å². The van der Waals surface area contributed by atoms with Crippen LogP contribution in [-0.4, -0.2) is 24.7 Å². The molecule has 0 aromatic heterocycles. The maximum Gasteiger partial charge on any atom is 0.234 e. The zero-order valence-electron chi connectivity index (χ0n) is 17.4. The van der Waals surface area contributed by atoms with Crippen molar-refractivity contribution in [3.8, 4) is 11.8 Å². The molecule has 0 radical (unpaired) electrons. The van der Waals surface area contributed by atoms with Gasteiger partial charge in [0.05, 0.1) is 34.6 Å². The van der Waals surface area contributed by atoms with Crippen molar-refractivity contribution >= 4 is 40.9 Å². The SMILES string of the molecule is COc1ccc([C@@H]2CC(=O)NC(SCC(=O)Nc3cc(C)ccc3C)=C2C#N)cc1Cl. The third-order valence-corrected chi connectivity index (χ3v) is 6.26. The smallest absolute Gasteiger partial charge is 0.234 e. The van der Waals surface area contributed by atoms with E-state index in [-0.39, 0.29) is 24.0 Å². The molecule has 6 nitrogen and oxygen atoms in total. The highest BCUT2D eigenvalue weighted by molar-refractivity contribution is 8.03. The zero-order valence-corrected chi connectivity index (χ0v) is 19.0. The second kappa shape index (κ2) is 9.90. The van der Waals surface area contributed by atoms with Crippen LogP contribution < -0.4 is 15.4 Å². The third-order valence-electron chi connectivity index (χ3n) is 4.95. The molecule has 2 amide bonds. The van der Waals surface area contributed by atoms with Gasteiger partial charge in [-0.3, -0.25) is 9.59 Å². The quantitative estimate of drug-likeness (QED) is 0.660. The minimum Gasteiger partial charge on any atom is -0.495 e. The van der Waals surface area contributed by atoms with Crippen molar-refractivity contribution in [1.82, 2.24) is 5.32 Å². The summed E-state index contributed by atoms with van der Waals surface area (Å²) in [4.78, 5) is 24.8. The summed E-state index contributed by atoms with van der Waals surface area (Å²) in [5, 5.41) is 16.2. The number of methoxy groups -OCH3 is 1. The number of hydrogen-bond donors (Lipinski definition) is 2. The van der Waals surface area contributed by atoms with Crippen molar-refractivity contribution in [3.63, 3.8) is 0 Å². The minimum atomic E-state index is -0.438. The number of benzene rings is 2. The number of carbonyl (C=O) groups is 2. The first-order chi connectivity index (χ1) is 14.8. The van der Waals surface area contributed by atoms with Gasteiger partial charge in [-0.05, 0) is 48.7 Å². The highest BCUT2D eigenvalue weighted by Gasteiger charge is 2.30. The largest absolute Gasteiger partial charge is 0.495 e. The van der Waals surface area contributed by atoms with Crippen LogP contribution in [0.5, 0.6) is 5.75 Å². The lowest BCUT2D eigenvalue weighted by Crippen LogP contribution is -2.31. The van der Waals surface area contributed by atoms with Crippen LogP contribution >= 0.6 is 23.4 Å². The fourth-order valence-corrected chi connectivity index (χ4v) is 4.45. The van der Waals surface area contributed by atoms with Crippen molar-refractivity contribution in [2.75, 3.05) is 18.2 Å². The van der Waals surface area contributed by atoms with Gasteiger partial charge in [0.15, 0.2) is 0 Å². The number of amides is 2. The van der Waals surface area contributed by atoms with E-state index in [4.69, 9.17) is 16.3 Å². The summed E-state index contributed by atoms with van der Waals surface area (Å²) in [6.07, 6.45) is 0.129. The lowest BCUT2D eigenvalue weighted by atomic mass is 9.87. The van der Waals surface area contributed by atoms with Gasteiger partial charge in [-0.15, -0.1) is 0 Å². The lowest BCUT2D eigenvalue weighted by molar-refractivity contribution is -0.121. The summed E-state index contributed by atoms with van der Waals surface area (Å²) in [5.74, 6) is -0.289. The monoisotopic (exact) mass is 455 g/mol. The number of thioether (sulfide) groups is 1. The molecule has 0 unspecified atom stereocenters. The molecule has 2 aromatic rings. The van der Waals surface area contributed by atoms with Crippen LogP contribution in [0.2, 0.25) is 5.02 Å². The van der Waals surface area contributed by atoms with E-state index in [2.05, 4.69) is 16.7 Å². The Morgan fingerprint density at radius 1 is 1.32 bits per heavy atom. The maximum absolute atomic E-state index is 12.5. The first kappa shape index (κ1) is 22.7. The average molecular weight is 456 g/mol. The average Bonchev–Trinajstić information content (AvgIpc) is 2.74. The Kier molecular flexibility index (Phi) is 7.26. The van der Waals surface area contributed by atoms with E-state index in [9.17, 15) is 14.9 Å². The highest BCUT2D eigenvalue weighted by atomic mass is 35.5. The molecular weight excluding hydrogens is 434 g/mol.